The second-order valence-corrected chi connectivity index (χ2v) is 7.01. The van der Waals surface area contributed by atoms with Gasteiger partial charge in [-0.3, -0.25) is 0 Å². The van der Waals surface area contributed by atoms with Gasteiger partial charge in [-0.15, -0.1) is 0 Å². The van der Waals surface area contributed by atoms with Crippen LogP contribution in [0.25, 0.3) is 0 Å². The maximum atomic E-state index is 14.0. The van der Waals surface area contributed by atoms with Gasteiger partial charge in [0, 0.05) is 18.7 Å². The highest BCUT2D eigenvalue weighted by Gasteiger charge is 2.18. The largest absolute Gasteiger partial charge is 0.313 e. The highest BCUT2D eigenvalue weighted by atomic mass is 32.2. The lowest BCUT2D eigenvalue weighted by atomic mass is 10.1. The van der Waals surface area contributed by atoms with Gasteiger partial charge in [0.05, 0.1) is 4.90 Å². The fraction of sp³-hybridized carbons (Fsp3) is 0.571. The maximum Gasteiger partial charge on any atom is 0.240 e. The van der Waals surface area contributed by atoms with E-state index < -0.39 is 10.0 Å². The molecule has 1 rings (SSSR count). The number of benzene rings is 1. The third kappa shape index (κ3) is 4.54. The van der Waals surface area contributed by atoms with Crippen molar-refractivity contribution in [3.05, 3.63) is 29.1 Å². The van der Waals surface area contributed by atoms with Crippen molar-refractivity contribution in [3.63, 3.8) is 0 Å². The number of hydrogen-bond acceptors (Lipinski definition) is 3. The van der Waals surface area contributed by atoms with Crippen LogP contribution in [0.3, 0.4) is 0 Å². The predicted octanol–water partition coefficient (Wildman–Crippen LogP) is 2.18. The zero-order chi connectivity index (χ0) is 15.3. The minimum absolute atomic E-state index is 0.116. The molecular formula is C14H23FN2O2S. The highest BCUT2D eigenvalue weighted by Crippen LogP contribution is 2.19. The average molecular weight is 302 g/mol. The van der Waals surface area contributed by atoms with Crippen LogP contribution in [-0.4, -0.2) is 21.5 Å². The minimum Gasteiger partial charge on any atom is -0.313 e. The van der Waals surface area contributed by atoms with Gasteiger partial charge in [0.2, 0.25) is 10.0 Å². The van der Waals surface area contributed by atoms with Gasteiger partial charge in [0.1, 0.15) is 5.82 Å². The van der Waals surface area contributed by atoms with E-state index in [4.69, 9.17) is 0 Å². The van der Waals surface area contributed by atoms with E-state index in [9.17, 15) is 12.8 Å². The van der Waals surface area contributed by atoms with Crippen molar-refractivity contribution in [2.45, 2.75) is 39.1 Å². The summed E-state index contributed by atoms with van der Waals surface area (Å²) in [7, 11) is -3.59. The summed E-state index contributed by atoms with van der Waals surface area (Å²) in [6.07, 6.45) is 0. The van der Waals surface area contributed by atoms with Gasteiger partial charge >= 0.3 is 0 Å². The van der Waals surface area contributed by atoms with E-state index in [0.29, 0.717) is 30.8 Å². The molecule has 0 saturated heterocycles. The number of hydrogen-bond donors (Lipinski definition) is 2. The van der Waals surface area contributed by atoms with E-state index in [2.05, 4.69) is 10.0 Å². The van der Waals surface area contributed by atoms with Gasteiger partial charge in [-0.2, -0.15) is 0 Å². The van der Waals surface area contributed by atoms with Crippen molar-refractivity contribution in [1.82, 2.24) is 10.0 Å². The molecule has 0 saturated carbocycles. The molecule has 4 nitrogen and oxygen atoms in total. The summed E-state index contributed by atoms with van der Waals surface area (Å²) in [6.45, 7) is 8.71. The standard InChI is InChI=1S/C14H23FN2O2S/c1-5-16-9-12-7-13(6-11(4)14(12)15)20(18,19)17-8-10(2)3/h6-7,10,16-17H,5,8-9H2,1-4H3. The summed E-state index contributed by atoms with van der Waals surface area (Å²) >= 11 is 0. The number of sulfonamides is 1. The van der Waals surface area contributed by atoms with Crippen molar-refractivity contribution in [1.29, 1.82) is 0 Å². The van der Waals surface area contributed by atoms with Crippen LogP contribution in [0.5, 0.6) is 0 Å². The normalized spacial score (nSPS) is 12.1. The van der Waals surface area contributed by atoms with Crippen LogP contribution in [0, 0.1) is 18.7 Å². The van der Waals surface area contributed by atoms with E-state index in [-0.39, 0.29) is 16.6 Å². The summed E-state index contributed by atoms with van der Waals surface area (Å²) in [5.74, 6) is -0.138. The van der Waals surface area contributed by atoms with Crippen molar-refractivity contribution in [2.75, 3.05) is 13.1 Å². The minimum atomic E-state index is -3.59. The number of nitrogens with one attached hydrogen (secondary N) is 2. The summed E-state index contributed by atoms with van der Waals surface area (Å²) in [6, 6.07) is 2.76. The maximum absolute atomic E-state index is 14.0. The molecule has 114 valence electrons. The van der Waals surface area contributed by atoms with Crippen molar-refractivity contribution in [2.24, 2.45) is 5.92 Å². The van der Waals surface area contributed by atoms with Crippen LogP contribution < -0.4 is 10.0 Å². The summed E-state index contributed by atoms with van der Waals surface area (Å²) in [5.41, 5.74) is 0.710. The Morgan fingerprint density at radius 3 is 2.50 bits per heavy atom. The number of aryl methyl sites for hydroxylation is 1. The van der Waals surface area contributed by atoms with Gasteiger partial charge in [0.25, 0.3) is 0 Å². The first-order valence-corrected chi connectivity index (χ1v) is 8.25. The lowest BCUT2D eigenvalue weighted by molar-refractivity contribution is 0.557. The SMILES string of the molecule is CCNCc1cc(S(=O)(=O)NCC(C)C)cc(C)c1F. The summed E-state index contributed by atoms with van der Waals surface area (Å²) in [5, 5.41) is 3.01. The molecule has 0 fully saturated rings. The summed E-state index contributed by atoms with van der Waals surface area (Å²) < 4.78 is 40.8. The van der Waals surface area contributed by atoms with Crippen molar-refractivity contribution >= 4 is 10.0 Å². The van der Waals surface area contributed by atoms with Gasteiger partial charge in [-0.25, -0.2) is 17.5 Å². The average Bonchev–Trinajstić information content (AvgIpc) is 2.38. The van der Waals surface area contributed by atoms with Gasteiger partial charge in [-0.1, -0.05) is 20.8 Å². The molecular weight excluding hydrogens is 279 g/mol. The molecule has 0 aliphatic heterocycles. The Bertz CT molecular complexity index is 557. The fourth-order valence-corrected chi connectivity index (χ4v) is 3.06. The quantitative estimate of drug-likeness (QED) is 0.811. The van der Waals surface area contributed by atoms with Crippen molar-refractivity contribution < 1.29 is 12.8 Å². The molecule has 0 unspecified atom stereocenters. The van der Waals surface area contributed by atoms with Crippen LogP contribution in [-0.2, 0) is 16.6 Å². The molecule has 0 amide bonds. The van der Waals surface area contributed by atoms with Crippen molar-refractivity contribution in [3.8, 4) is 0 Å². The molecule has 2 N–H and O–H groups in total. The molecule has 1 aromatic rings. The zero-order valence-electron chi connectivity index (χ0n) is 12.5. The van der Waals surface area contributed by atoms with Gasteiger partial charge in [-0.05, 0) is 37.1 Å². The van der Waals surface area contributed by atoms with E-state index in [1.165, 1.54) is 12.1 Å². The first kappa shape index (κ1) is 17.1. The molecule has 20 heavy (non-hydrogen) atoms. The Hall–Kier alpha value is -0.980. The molecule has 0 spiro atoms. The monoisotopic (exact) mass is 302 g/mol. The van der Waals surface area contributed by atoms with Crippen LogP contribution >= 0.6 is 0 Å². The van der Waals surface area contributed by atoms with E-state index in [0.717, 1.165) is 0 Å². The molecule has 0 aliphatic rings. The first-order valence-electron chi connectivity index (χ1n) is 6.77. The smallest absolute Gasteiger partial charge is 0.240 e. The Kier molecular flexibility index (Phi) is 6.10. The summed E-state index contributed by atoms with van der Waals surface area (Å²) in [4.78, 5) is 0.116. The topological polar surface area (TPSA) is 58.2 Å². The van der Waals surface area contributed by atoms with Crippen LogP contribution in [0.15, 0.2) is 17.0 Å². The van der Waals surface area contributed by atoms with E-state index in [1.807, 2.05) is 20.8 Å². The second kappa shape index (κ2) is 7.15. The second-order valence-electron chi connectivity index (χ2n) is 5.24. The Morgan fingerprint density at radius 2 is 1.95 bits per heavy atom. The molecule has 0 bridgehead atoms. The Balaban J connectivity index is 3.09. The van der Waals surface area contributed by atoms with Crippen LogP contribution in [0.4, 0.5) is 4.39 Å². The third-order valence-corrected chi connectivity index (χ3v) is 4.26. The number of halogens is 1. The van der Waals surface area contributed by atoms with Crippen LogP contribution in [0.2, 0.25) is 0 Å². The zero-order valence-corrected chi connectivity index (χ0v) is 13.3. The molecule has 6 heteroatoms. The lowest BCUT2D eigenvalue weighted by Gasteiger charge is -2.12. The predicted molar refractivity (Wildman–Crippen MR) is 78.5 cm³/mol. The molecule has 0 radical (unpaired) electrons. The fourth-order valence-electron chi connectivity index (χ4n) is 1.71. The molecule has 1 aromatic carbocycles. The Morgan fingerprint density at radius 1 is 1.30 bits per heavy atom. The molecule has 0 heterocycles. The van der Waals surface area contributed by atoms with Crippen LogP contribution in [0.1, 0.15) is 31.9 Å². The lowest BCUT2D eigenvalue weighted by Crippen LogP contribution is -2.28. The van der Waals surface area contributed by atoms with E-state index >= 15 is 0 Å². The van der Waals surface area contributed by atoms with E-state index in [1.54, 1.807) is 6.92 Å². The highest BCUT2D eigenvalue weighted by molar-refractivity contribution is 7.89. The first-order chi connectivity index (χ1) is 9.27. The molecule has 0 aromatic heterocycles. The molecule has 0 aliphatic carbocycles. The van der Waals surface area contributed by atoms with Gasteiger partial charge in [0.15, 0.2) is 0 Å². The Labute approximate surface area is 120 Å². The molecule has 0 atom stereocenters. The van der Waals surface area contributed by atoms with Gasteiger partial charge < -0.3 is 5.32 Å². The third-order valence-electron chi connectivity index (χ3n) is 2.86. The number of rotatable bonds is 7.